The first-order valence-electron chi connectivity index (χ1n) is 2.28. The molecule has 0 saturated carbocycles. The Balaban J connectivity index is 3.26. The van der Waals surface area contributed by atoms with Gasteiger partial charge in [0.15, 0.2) is 0 Å². The second-order valence-corrected chi connectivity index (χ2v) is 1.27. The van der Waals surface area contributed by atoms with Crippen molar-refractivity contribution in [3.05, 3.63) is 12.2 Å². The van der Waals surface area contributed by atoms with Crippen LogP contribution in [-0.4, -0.2) is 5.84 Å². The SMILES string of the molecule is CC/C=C/C(=N)N. The van der Waals surface area contributed by atoms with E-state index >= 15 is 0 Å². The van der Waals surface area contributed by atoms with Gasteiger partial charge in [-0.25, -0.2) is 0 Å². The van der Waals surface area contributed by atoms with Crippen LogP contribution < -0.4 is 5.73 Å². The predicted molar refractivity (Wildman–Crippen MR) is 31.3 cm³/mol. The standard InChI is InChI=1S/C5H10N2/c1-2-3-4-5(6)7/h3-4H,2H2,1H3,(H3,6,7)/b4-3+. The van der Waals surface area contributed by atoms with Gasteiger partial charge in [-0.1, -0.05) is 13.0 Å². The number of hydrogen-bond donors (Lipinski definition) is 2. The van der Waals surface area contributed by atoms with Crippen molar-refractivity contribution in [2.75, 3.05) is 0 Å². The van der Waals surface area contributed by atoms with Gasteiger partial charge in [-0.3, -0.25) is 5.41 Å². The Bertz CT molecular complexity index is 84.1. The lowest BCUT2D eigenvalue weighted by Crippen LogP contribution is -2.03. The molecule has 40 valence electrons. The van der Waals surface area contributed by atoms with Crippen LogP contribution >= 0.6 is 0 Å². The van der Waals surface area contributed by atoms with E-state index in [1.807, 2.05) is 13.0 Å². The molecule has 0 aliphatic carbocycles. The molecule has 0 aliphatic rings. The molecule has 0 aromatic rings. The first-order valence-corrected chi connectivity index (χ1v) is 2.28. The van der Waals surface area contributed by atoms with Gasteiger partial charge >= 0.3 is 0 Å². The fourth-order valence-electron chi connectivity index (χ4n) is 0.245. The first-order chi connectivity index (χ1) is 3.27. The van der Waals surface area contributed by atoms with Gasteiger partial charge in [0.05, 0.1) is 0 Å². The number of nitrogens with two attached hydrogens (primary N) is 1. The van der Waals surface area contributed by atoms with Crippen LogP contribution in [0.25, 0.3) is 0 Å². The van der Waals surface area contributed by atoms with Crippen LogP contribution in [0.15, 0.2) is 12.2 Å². The van der Waals surface area contributed by atoms with Gasteiger partial charge in [-0.05, 0) is 12.5 Å². The summed E-state index contributed by atoms with van der Waals surface area (Å²) in [6.07, 6.45) is 4.38. The zero-order chi connectivity index (χ0) is 5.70. The van der Waals surface area contributed by atoms with Crippen molar-refractivity contribution in [2.24, 2.45) is 5.73 Å². The van der Waals surface area contributed by atoms with Crippen LogP contribution in [-0.2, 0) is 0 Å². The van der Waals surface area contributed by atoms with E-state index < -0.39 is 0 Å². The molecule has 0 rings (SSSR count). The summed E-state index contributed by atoms with van der Waals surface area (Å²) in [6, 6.07) is 0. The maximum atomic E-state index is 6.69. The molecule has 0 heterocycles. The minimum atomic E-state index is 0.127. The molecular formula is C5H10N2. The van der Waals surface area contributed by atoms with Gasteiger partial charge in [0.1, 0.15) is 5.84 Å². The van der Waals surface area contributed by atoms with Gasteiger partial charge in [-0.15, -0.1) is 0 Å². The van der Waals surface area contributed by atoms with Gasteiger partial charge in [-0.2, -0.15) is 0 Å². The van der Waals surface area contributed by atoms with Crippen molar-refractivity contribution < 1.29 is 0 Å². The largest absolute Gasteiger partial charge is 0.384 e. The molecule has 0 aliphatic heterocycles. The topological polar surface area (TPSA) is 49.9 Å². The Morgan fingerprint density at radius 1 is 1.86 bits per heavy atom. The zero-order valence-corrected chi connectivity index (χ0v) is 4.44. The summed E-state index contributed by atoms with van der Waals surface area (Å²) in [5, 5.41) is 6.69. The van der Waals surface area contributed by atoms with Crippen molar-refractivity contribution in [1.29, 1.82) is 5.41 Å². The molecule has 2 nitrogen and oxygen atoms in total. The average molecular weight is 98.1 g/mol. The highest BCUT2D eigenvalue weighted by Gasteiger charge is 1.70. The van der Waals surface area contributed by atoms with Gasteiger partial charge < -0.3 is 5.73 Å². The first kappa shape index (κ1) is 6.21. The van der Waals surface area contributed by atoms with Crippen molar-refractivity contribution in [2.45, 2.75) is 13.3 Å². The molecule has 0 radical (unpaired) electrons. The molecule has 0 aromatic carbocycles. The van der Waals surface area contributed by atoms with Crippen LogP contribution in [0, 0.1) is 5.41 Å². The van der Waals surface area contributed by atoms with E-state index in [9.17, 15) is 0 Å². The van der Waals surface area contributed by atoms with Crippen LogP contribution in [0.1, 0.15) is 13.3 Å². The summed E-state index contributed by atoms with van der Waals surface area (Å²) >= 11 is 0. The number of amidine groups is 1. The molecule has 0 bridgehead atoms. The third kappa shape index (κ3) is 5.21. The maximum Gasteiger partial charge on any atom is 0.114 e. The Morgan fingerprint density at radius 2 is 2.43 bits per heavy atom. The predicted octanol–water partition coefficient (Wildman–Crippen LogP) is 0.889. The monoisotopic (exact) mass is 98.1 g/mol. The Morgan fingerprint density at radius 3 is 2.57 bits per heavy atom. The average Bonchev–Trinajstić information content (AvgIpc) is 1.61. The molecule has 7 heavy (non-hydrogen) atoms. The second kappa shape index (κ2) is 3.40. The normalized spacial score (nSPS) is 9.86. The minimum Gasteiger partial charge on any atom is -0.384 e. The highest BCUT2D eigenvalue weighted by Crippen LogP contribution is 1.75. The number of nitrogens with one attached hydrogen (secondary N) is 1. The van der Waals surface area contributed by atoms with Crippen LogP contribution in [0.4, 0.5) is 0 Å². The third-order valence-electron chi connectivity index (χ3n) is 0.533. The molecule has 2 heteroatoms. The van der Waals surface area contributed by atoms with E-state index in [1.54, 1.807) is 6.08 Å². The Kier molecular flexibility index (Phi) is 3.02. The summed E-state index contributed by atoms with van der Waals surface area (Å²) in [6.45, 7) is 2.00. The van der Waals surface area contributed by atoms with E-state index in [0.29, 0.717) is 0 Å². The van der Waals surface area contributed by atoms with E-state index in [1.165, 1.54) is 0 Å². The van der Waals surface area contributed by atoms with E-state index in [-0.39, 0.29) is 5.84 Å². The minimum absolute atomic E-state index is 0.127. The lowest BCUT2D eigenvalue weighted by molar-refractivity contribution is 1.22. The Hall–Kier alpha value is -0.790. The van der Waals surface area contributed by atoms with Crippen LogP contribution in [0.2, 0.25) is 0 Å². The Labute approximate surface area is 43.5 Å². The smallest absolute Gasteiger partial charge is 0.114 e. The van der Waals surface area contributed by atoms with E-state index in [4.69, 9.17) is 11.1 Å². The number of hydrogen-bond acceptors (Lipinski definition) is 1. The molecule has 0 atom stereocenters. The van der Waals surface area contributed by atoms with Crippen molar-refractivity contribution in [3.8, 4) is 0 Å². The lowest BCUT2D eigenvalue weighted by atomic mass is 10.4. The van der Waals surface area contributed by atoms with Gasteiger partial charge in [0, 0.05) is 0 Å². The zero-order valence-electron chi connectivity index (χ0n) is 4.44. The molecule has 0 unspecified atom stereocenters. The summed E-state index contributed by atoms with van der Waals surface area (Å²) < 4.78 is 0. The van der Waals surface area contributed by atoms with Gasteiger partial charge in [0.2, 0.25) is 0 Å². The fourth-order valence-corrected chi connectivity index (χ4v) is 0.245. The molecule has 0 fully saturated rings. The third-order valence-corrected chi connectivity index (χ3v) is 0.533. The molecule has 3 N–H and O–H groups in total. The lowest BCUT2D eigenvalue weighted by Gasteiger charge is -1.78. The summed E-state index contributed by atoms with van der Waals surface area (Å²) in [5.74, 6) is 0.127. The van der Waals surface area contributed by atoms with Crippen molar-refractivity contribution >= 4 is 5.84 Å². The van der Waals surface area contributed by atoms with E-state index in [0.717, 1.165) is 6.42 Å². The summed E-state index contributed by atoms with van der Waals surface area (Å²) in [4.78, 5) is 0. The molecule has 0 saturated heterocycles. The maximum absolute atomic E-state index is 6.69. The summed E-state index contributed by atoms with van der Waals surface area (Å²) in [5.41, 5.74) is 4.97. The second-order valence-electron chi connectivity index (χ2n) is 1.27. The van der Waals surface area contributed by atoms with Crippen molar-refractivity contribution in [3.63, 3.8) is 0 Å². The molecular weight excluding hydrogens is 88.1 g/mol. The fraction of sp³-hybridized carbons (Fsp3) is 0.400. The van der Waals surface area contributed by atoms with Crippen LogP contribution in [0.5, 0.6) is 0 Å². The number of allylic oxidation sites excluding steroid dienone is 1. The quantitative estimate of drug-likeness (QED) is 0.391. The molecule has 0 spiro atoms. The van der Waals surface area contributed by atoms with E-state index in [2.05, 4.69) is 0 Å². The summed E-state index contributed by atoms with van der Waals surface area (Å²) in [7, 11) is 0. The van der Waals surface area contributed by atoms with Gasteiger partial charge in [0.25, 0.3) is 0 Å². The highest BCUT2D eigenvalue weighted by molar-refractivity contribution is 5.88. The molecule has 0 aromatic heterocycles. The molecule has 0 amide bonds. The highest BCUT2D eigenvalue weighted by atomic mass is 14.7. The van der Waals surface area contributed by atoms with Crippen molar-refractivity contribution in [1.82, 2.24) is 0 Å². The van der Waals surface area contributed by atoms with Crippen LogP contribution in [0.3, 0.4) is 0 Å². The number of rotatable bonds is 2.